The number of methoxy groups -OCH3 is 1. The predicted octanol–water partition coefficient (Wildman–Crippen LogP) is -0.659. The lowest BCUT2D eigenvalue weighted by Crippen LogP contribution is -2.48. The molecular formula is C11H16O6. The molecule has 1 aliphatic heterocycles. The molecule has 0 bridgehead atoms. The number of carbonyl (C=O) groups excluding carboxylic acids is 1. The van der Waals surface area contributed by atoms with E-state index in [4.69, 9.17) is 9.47 Å². The van der Waals surface area contributed by atoms with E-state index in [9.17, 15) is 15.0 Å². The van der Waals surface area contributed by atoms with Crippen LogP contribution in [-0.2, 0) is 19.0 Å². The zero-order chi connectivity index (χ0) is 12.8. The first-order chi connectivity index (χ1) is 7.85. The first kappa shape index (κ1) is 12.5. The van der Waals surface area contributed by atoms with Crippen LogP contribution in [0.25, 0.3) is 0 Å². The number of ether oxygens (including phenoxy) is 3. The molecule has 0 unspecified atom stereocenters. The van der Waals surface area contributed by atoms with Crippen LogP contribution < -0.4 is 0 Å². The van der Waals surface area contributed by atoms with Crippen LogP contribution in [0.5, 0.6) is 0 Å². The van der Waals surface area contributed by atoms with Crippen molar-refractivity contribution in [3.05, 3.63) is 11.6 Å². The summed E-state index contributed by atoms with van der Waals surface area (Å²) in [6.07, 6.45) is -2.50. The molecular weight excluding hydrogens is 228 g/mol. The Labute approximate surface area is 98.8 Å². The lowest BCUT2D eigenvalue weighted by molar-refractivity contribution is -0.158. The third-order valence-electron chi connectivity index (χ3n) is 2.89. The number of aliphatic hydroxyl groups is 2. The molecule has 2 aliphatic rings. The quantitative estimate of drug-likeness (QED) is 0.596. The van der Waals surface area contributed by atoms with Crippen LogP contribution >= 0.6 is 0 Å². The van der Waals surface area contributed by atoms with Crippen molar-refractivity contribution in [1.29, 1.82) is 0 Å². The van der Waals surface area contributed by atoms with Gasteiger partial charge in [-0.25, -0.2) is 4.79 Å². The van der Waals surface area contributed by atoms with Crippen molar-refractivity contribution in [3.63, 3.8) is 0 Å². The summed E-state index contributed by atoms with van der Waals surface area (Å²) in [5.41, 5.74) is 0.181. The highest BCUT2D eigenvalue weighted by Crippen LogP contribution is 2.37. The molecule has 6 heteroatoms. The fraction of sp³-hybridized carbons (Fsp3) is 0.727. The second kappa shape index (κ2) is 4.06. The highest BCUT2D eigenvalue weighted by molar-refractivity contribution is 5.90. The summed E-state index contributed by atoms with van der Waals surface area (Å²) in [6.45, 7) is 3.36. The van der Waals surface area contributed by atoms with Gasteiger partial charge in [0.2, 0.25) is 0 Å². The van der Waals surface area contributed by atoms with Gasteiger partial charge < -0.3 is 24.4 Å². The SMILES string of the molecule is COC(=O)C1=C[C@@H](O)[C@H](O)[C@H]2OC(C)(C)O[C@@H]12. The van der Waals surface area contributed by atoms with E-state index >= 15 is 0 Å². The summed E-state index contributed by atoms with van der Waals surface area (Å²) in [7, 11) is 1.25. The van der Waals surface area contributed by atoms with Crippen molar-refractivity contribution in [2.45, 2.75) is 44.1 Å². The lowest BCUT2D eigenvalue weighted by Gasteiger charge is -2.30. The summed E-state index contributed by atoms with van der Waals surface area (Å²) in [5.74, 6) is -1.50. The molecule has 4 atom stereocenters. The van der Waals surface area contributed by atoms with E-state index in [1.807, 2.05) is 0 Å². The monoisotopic (exact) mass is 244 g/mol. The maximum atomic E-state index is 11.6. The van der Waals surface area contributed by atoms with Gasteiger partial charge in [0.15, 0.2) is 5.79 Å². The maximum absolute atomic E-state index is 11.6. The van der Waals surface area contributed by atoms with Crippen LogP contribution in [0.1, 0.15) is 13.8 Å². The summed E-state index contributed by atoms with van der Waals surface area (Å²) in [6, 6.07) is 0. The molecule has 17 heavy (non-hydrogen) atoms. The van der Waals surface area contributed by atoms with Gasteiger partial charge in [-0.3, -0.25) is 0 Å². The second-order valence-electron chi connectivity index (χ2n) is 4.62. The number of aliphatic hydroxyl groups excluding tert-OH is 2. The Balaban J connectivity index is 2.34. The van der Waals surface area contributed by atoms with Crippen LogP contribution in [-0.4, -0.2) is 53.5 Å². The Hall–Kier alpha value is -0.950. The van der Waals surface area contributed by atoms with Gasteiger partial charge in [0.05, 0.1) is 12.7 Å². The van der Waals surface area contributed by atoms with E-state index in [1.54, 1.807) is 13.8 Å². The van der Waals surface area contributed by atoms with E-state index in [1.165, 1.54) is 13.2 Å². The van der Waals surface area contributed by atoms with Crippen LogP contribution in [0.3, 0.4) is 0 Å². The van der Waals surface area contributed by atoms with Crippen molar-refractivity contribution in [2.75, 3.05) is 7.11 Å². The number of hydrogen-bond donors (Lipinski definition) is 2. The van der Waals surface area contributed by atoms with E-state index in [0.29, 0.717) is 0 Å². The second-order valence-corrected chi connectivity index (χ2v) is 4.62. The van der Waals surface area contributed by atoms with E-state index < -0.39 is 36.2 Å². The number of rotatable bonds is 1. The highest BCUT2D eigenvalue weighted by atomic mass is 16.8. The van der Waals surface area contributed by atoms with Gasteiger partial charge in [-0.05, 0) is 19.9 Å². The largest absolute Gasteiger partial charge is 0.466 e. The zero-order valence-electron chi connectivity index (χ0n) is 9.91. The minimum absolute atomic E-state index is 0.181. The minimum Gasteiger partial charge on any atom is -0.466 e. The molecule has 1 aliphatic carbocycles. The van der Waals surface area contributed by atoms with Gasteiger partial charge in [0.25, 0.3) is 0 Å². The van der Waals surface area contributed by atoms with E-state index in [-0.39, 0.29) is 5.57 Å². The Morgan fingerprint density at radius 2 is 2.06 bits per heavy atom. The van der Waals surface area contributed by atoms with Crippen molar-refractivity contribution >= 4 is 5.97 Å². The topological polar surface area (TPSA) is 85.2 Å². The fourth-order valence-corrected chi connectivity index (χ4v) is 2.15. The average molecular weight is 244 g/mol. The van der Waals surface area contributed by atoms with Crippen LogP contribution in [0.15, 0.2) is 11.6 Å². The first-order valence-electron chi connectivity index (χ1n) is 5.37. The van der Waals surface area contributed by atoms with Crippen molar-refractivity contribution in [2.24, 2.45) is 0 Å². The fourth-order valence-electron chi connectivity index (χ4n) is 2.15. The molecule has 1 fully saturated rings. The summed E-state index contributed by atoms with van der Waals surface area (Å²) >= 11 is 0. The highest BCUT2D eigenvalue weighted by Gasteiger charge is 2.52. The number of fused-ring (bicyclic) bond motifs is 1. The number of hydrogen-bond acceptors (Lipinski definition) is 6. The Bertz CT molecular complexity index is 361. The summed E-state index contributed by atoms with van der Waals surface area (Å²) in [5, 5.41) is 19.4. The Kier molecular flexibility index (Phi) is 2.99. The molecule has 96 valence electrons. The maximum Gasteiger partial charge on any atom is 0.336 e. The molecule has 0 aromatic carbocycles. The van der Waals surface area contributed by atoms with Gasteiger partial charge in [0, 0.05) is 0 Å². The molecule has 1 saturated heterocycles. The molecule has 0 amide bonds. The third kappa shape index (κ3) is 2.09. The van der Waals surface area contributed by atoms with Gasteiger partial charge in [-0.15, -0.1) is 0 Å². The first-order valence-corrected chi connectivity index (χ1v) is 5.37. The van der Waals surface area contributed by atoms with Gasteiger partial charge in [-0.2, -0.15) is 0 Å². The van der Waals surface area contributed by atoms with Crippen LogP contribution in [0.4, 0.5) is 0 Å². The molecule has 0 saturated carbocycles. The lowest BCUT2D eigenvalue weighted by atomic mass is 9.89. The standard InChI is InChI=1S/C11H16O6/c1-11(2)16-8-5(10(14)15-3)4-6(12)7(13)9(8)17-11/h4,6-9,12-13H,1-3H3/t6-,7+,8+,9-/m1/s1. The molecule has 0 aromatic rings. The van der Waals surface area contributed by atoms with Crippen LogP contribution in [0, 0.1) is 0 Å². The normalized spacial score (nSPS) is 39.5. The van der Waals surface area contributed by atoms with Crippen molar-refractivity contribution < 1.29 is 29.2 Å². The van der Waals surface area contributed by atoms with Crippen LogP contribution in [0.2, 0.25) is 0 Å². The zero-order valence-corrected chi connectivity index (χ0v) is 9.91. The molecule has 6 nitrogen and oxygen atoms in total. The summed E-state index contributed by atoms with van der Waals surface area (Å²) < 4.78 is 15.6. The molecule has 1 heterocycles. The Morgan fingerprint density at radius 3 is 2.65 bits per heavy atom. The summed E-state index contributed by atoms with van der Waals surface area (Å²) in [4.78, 5) is 11.6. The smallest absolute Gasteiger partial charge is 0.336 e. The Morgan fingerprint density at radius 1 is 1.41 bits per heavy atom. The van der Waals surface area contributed by atoms with Gasteiger partial charge in [0.1, 0.15) is 24.4 Å². The van der Waals surface area contributed by atoms with Gasteiger partial charge in [-0.1, -0.05) is 0 Å². The minimum atomic E-state index is -1.16. The molecule has 0 radical (unpaired) electrons. The molecule has 0 spiro atoms. The average Bonchev–Trinajstić information content (AvgIpc) is 2.58. The van der Waals surface area contributed by atoms with Gasteiger partial charge >= 0.3 is 5.97 Å². The molecule has 2 rings (SSSR count). The molecule has 0 aromatic heterocycles. The number of esters is 1. The molecule has 2 N–H and O–H groups in total. The third-order valence-corrected chi connectivity index (χ3v) is 2.89. The van der Waals surface area contributed by atoms with E-state index in [0.717, 1.165) is 0 Å². The van der Waals surface area contributed by atoms with E-state index in [2.05, 4.69) is 4.74 Å². The predicted molar refractivity (Wildman–Crippen MR) is 55.9 cm³/mol. The number of carbonyl (C=O) groups is 1. The van der Waals surface area contributed by atoms with Crippen molar-refractivity contribution in [3.8, 4) is 0 Å². The van der Waals surface area contributed by atoms with Crippen molar-refractivity contribution in [1.82, 2.24) is 0 Å².